The number of carbonyl (C=O) groups excluding carboxylic acids is 1. The normalized spacial score (nSPS) is 14.9. The average molecular weight is 325 g/mol. The Morgan fingerprint density at radius 3 is 1.95 bits per heavy atom. The van der Waals surface area contributed by atoms with Gasteiger partial charge in [0.25, 0.3) is 0 Å². The molecule has 0 saturated carbocycles. The van der Waals surface area contributed by atoms with Crippen molar-refractivity contribution in [2.24, 2.45) is 0 Å². The molecule has 0 aromatic carbocycles. The van der Waals surface area contributed by atoms with E-state index in [2.05, 4.69) is 19.6 Å². The van der Waals surface area contributed by atoms with Gasteiger partial charge in [-0.05, 0) is 24.5 Å². The second-order valence-electron chi connectivity index (χ2n) is 4.80. The van der Waals surface area contributed by atoms with Gasteiger partial charge in [-0.15, -0.1) is 0 Å². The van der Waals surface area contributed by atoms with Gasteiger partial charge in [-0.3, -0.25) is 4.79 Å². The maximum absolute atomic E-state index is 11.3. The fraction of sp³-hybridized carbons (Fsp3) is 0.923. The van der Waals surface area contributed by atoms with Crippen LogP contribution in [0.5, 0.6) is 0 Å². The molecule has 0 aromatic heterocycles. The monoisotopic (exact) mass is 324 g/mol. The van der Waals surface area contributed by atoms with E-state index < -0.39 is 14.5 Å². The molecule has 5 nitrogen and oxygen atoms in total. The van der Waals surface area contributed by atoms with Gasteiger partial charge < -0.3 is 18.0 Å². The summed E-state index contributed by atoms with van der Waals surface area (Å²) in [5.41, 5.74) is -0.451. The number of thiol groups is 1. The van der Waals surface area contributed by atoms with E-state index in [1.54, 1.807) is 0 Å². The predicted molar refractivity (Wildman–Crippen MR) is 83.9 cm³/mol. The lowest BCUT2D eigenvalue weighted by Crippen LogP contribution is -2.56. The Kier molecular flexibility index (Phi) is 10.6. The van der Waals surface area contributed by atoms with Gasteiger partial charge in [0, 0.05) is 28.3 Å². The average Bonchev–Trinajstić information content (AvgIpc) is 2.39. The van der Waals surface area contributed by atoms with E-state index in [-0.39, 0.29) is 5.97 Å². The zero-order valence-corrected chi connectivity index (χ0v) is 15.1. The van der Waals surface area contributed by atoms with Crippen molar-refractivity contribution >= 4 is 27.4 Å². The summed E-state index contributed by atoms with van der Waals surface area (Å²) < 4.78 is 21.5. The lowest BCUT2D eigenvalue weighted by Gasteiger charge is -2.31. The molecule has 0 amide bonds. The fourth-order valence-corrected chi connectivity index (χ4v) is 4.44. The lowest BCUT2D eigenvalue weighted by atomic mass is 10.1. The van der Waals surface area contributed by atoms with Gasteiger partial charge in [0.1, 0.15) is 0 Å². The molecule has 0 heterocycles. The first-order valence-corrected chi connectivity index (χ1v) is 9.24. The number of unbranched alkanes of at least 4 members (excludes halogenated alkanes) is 2. The lowest BCUT2D eigenvalue weighted by molar-refractivity contribution is -0.146. The summed E-state index contributed by atoms with van der Waals surface area (Å²) in [4.78, 5) is 11.3. The molecule has 2 atom stereocenters. The third kappa shape index (κ3) is 7.08. The molecule has 0 spiro atoms. The summed E-state index contributed by atoms with van der Waals surface area (Å²) in [5, 5.41) is 0.421. The minimum absolute atomic E-state index is 0.345. The van der Waals surface area contributed by atoms with Crippen LogP contribution in [0.15, 0.2) is 0 Å². The Morgan fingerprint density at radius 1 is 1.05 bits per heavy atom. The SMILES string of the molecule is CO[Si](OC)(OC)C(CCCCCC(C)S)OC(C)=O. The smallest absolute Gasteiger partial charge is 0.458 e. The fourth-order valence-electron chi connectivity index (χ4n) is 2.10. The number of ether oxygens (including phenoxy) is 1. The summed E-state index contributed by atoms with van der Waals surface area (Å²) in [7, 11) is 1.63. The van der Waals surface area contributed by atoms with Crippen LogP contribution in [0.3, 0.4) is 0 Å². The van der Waals surface area contributed by atoms with Crippen molar-refractivity contribution in [1.29, 1.82) is 0 Å². The van der Waals surface area contributed by atoms with Crippen LogP contribution in [-0.4, -0.2) is 47.1 Å². The first-order valence-electron chi connectivity index (χ1n) is 6.92. The van der Waals surface area contributed by atoms with Crippen LogP contribution in [-0.2, 0) is 22.8 Å². The number of hydrogen-bond donors (Lipinski definition) is 1. The summed E-state index contributed by atoms with van der Waals surface area (Å²) in [6.45, 7) is 3.47. The van der Waals surface area contributed by atoms with E-state index in [1.807, 2.05) is 0 Å². The third-order valence-electron chi connectivity index (χ3n) is 3.14. The van der Waals surface area contributed by atoms with Gasteiger partial charge in [-0.1, -0.05) is 19.8 Å². The Bertz CT molecular complexity index is 263. The number of esters is 1. The standard InChI is InChI=1S/C13H28O5SSi/c1-11(19)9-7-6-8-10-13(18-12(2)14)20(15-3,16-4)17-5/h11,13,19H,6-10H2,1-5H3. The minimum Gasteiger partial charge on any atom is -0.458 e. The largest absolute Gasteiger partial charge is 0.543 e. The Labute approximate surface area is 129 Å². The second kappa shape index (κ2) is 10.6. The first kappa shape index (κ1) is 19.9. The molecule has 0 bridgehead atoms. The zero-order valence-electron chi connectivity index (χ0n) is 13.2. The molecule has 0 N–H and O–H groups in total. The molecule has 0 aliphatic rings. The third-order valence-corrected chi connectivity index (χ3v) is 6.30. The van der Waals surface area contributed by atoms with Crippen molar-refractivity contribution < 1.29 is 22.8 Å². The van der Waals surface area contributed by atoms with Crippen LogP contribution in [0.4, 0.5) is 0 Å². The van der Waals surface area contributed by atoms with E-state index in [1.165, 1.54) is 28.3 Å². The molecule has 0 radical (unpaired) electrons. The van der Waals surface area contributed by atoms with Crippen LogP contribution in [0.1, 0.15) is 46.0 Å². The highest BCUT2D eigenvalue weighted by molar-refractivity contribution is 7.80. The highest BCUT2D eigenvalue weighted by atomic mass is 32.1. The maximum Gasteiger partial charge on any atom is 0.543 e. The topological polar surface area (TPSA) is 54.0 Å². The quantitative estimate of drug-likeness (QED) is 0.274. The van der Waals surface area contributed by atoms with Crippen LogP contribution in [0, 0.1) is 0 Å². The molecule has 120 valence electrons. The van der Waals surface area contributed by atoms with E-state index in [0.29, 0.717) is 11.7 Å². The van der Waals surface area contributed by atoms with Crippen LogP contribution >= 0.6 is 12.6 Å². The van der Waals surface area contributed by atoms with Crippen molar-refractivity contribution in [3.8, 4) is 0 Å². The molecule has 0 fully saturated rings. The zero-order chi connectivity index (χ0) is 15.6. The number of carbonyl (C=O) groups is 1. The van der Waals surface area contributed by atoms with Crippen LogP contribution in [0.2, 0.25) is 0 Å². The van der Waals surface area contributed by atoms with Crippen molar-refractivity contribution in [3.63, 3.8) is 0 Å². The minimum atomic E-state index is -2.95. The van der Waals surface area contributed by atoms with E-state index in [9.17, 15) is 4.79 Å². The van der Waals surface area contributed by atoms with Gasteiger partial charge in [0.15, 0.2) is 5.73 Å². The van der Waals surface area contributed by atoms with Gasteiger partial charge >= 0.3 is 14.8 Å². The molecule has 20 heavy (non-hydrogen) atoms. The molecule has 2 unspecified atom stereocenters. The molecule has 7 heteroatoms. The summed E-state index contributed by atoms with van der Waals surface area (Å²) in [5.74, 6) is -0.345. The molecule has 0 aliphatic carbocycles. The Morgan fingerprint density at radius 2 is 1.55 bits per heavy atom. The van der Waals surface area contributed by atoms with Crippen LogP contribution < -0.4 is 0 Å². The first-order chi connectivity index (χ1) is 9.41. The number of rotatable bonds is 11. The van der Waals surface area contributed by atoms with E-state index in [4.69, 9.17) is 18.0 Å². The van der Waals surface area contributed by atoms with E-state index in [0.717, 1.165) is 25.7 Å². The van der Waals surface area contributed by atoms with Gasteiger partial charge in [-0.25, -0.2) is 0 Å². The summed E-state index contributed by atoms with van der Waals surface area (Å²) in [6, 6.07) is 0. The van der Waals surface area contributed by atoms with Gasteiger partial charge in [-0.2, -0.15) is 12.6 Å². The van der Waals surface area contributed by atoms with Gasteiger partial charge in [0.2, 0.25) is 0 Å². The Balaban J connectivity index is 4.44. The highest BCUT2D eigenvalue weighted by Gasteiger charge is 2.49. The van der Waals surface area contributed by atoms with Crippen molar-refractivity contribution in [2.45, 2.75) is 56.9 Å². The van der Waals surface area contributed by atoms with Crippen molar-refractivity contribution in [2.75, 3.05) is 21.3 Å². The van der Waals surface area contributed by atoms with Crippen molar-refractivity contribution in [1.82, 2.24) is 0 Å². The summed E-state index contributed by atoms with van der Waals surface area (Å²) in [6.07, 6.45) is 4.87. The maximum atomic E-state index is 11.3. The Hall–Kier alpha value is -0.0831. The van der Waals surface area contributed by atoms with E-state index >= 15 is 0 Å². The molecule has 0 saturated heterocycles. The molecular weight excluding hydrogens is 296 g/mol. The summed E-state index contributed by atoms with van der Waals surface area (Å²) >= 11 is 4.35. The molecule has 0 aromatic rings. The van der Waals surface area contributed by atoms with Gasteiger partial charge in [0.05, 0.1) is 0 Å². The predicted octanol–water partition coefficient (Wildman–Crippen LogP) is 2.60. The van der Waals surface area contributed by atoms with Crippen LogP contribution in [0.25, 0.3) is 0 Å². The van der Waals surface area contributed by atoms with Crippen molar-refractivity contribution in [3.05, 3.63) is 0 Å². The molecule has 0 aliphatic heterocycles. The number of hydrogen-bond acceptors (Lipinski definition) is 6. The molecule has 0 rings (SSSR count). The highest BCUT2D eigenvalue weighted by Crippen LogP contribution is 2.21. The molecular formula is C13H28O5SSi. The second-order valence-corrected chi connectivity index (χ2v) is 8.76.